The van der Waals surface area contributed by atoms with E-state index in [1.165, 1.54) is 12.1 Å². The van der Waals surface area contributed by atoms with Gasteiger partial charge in [-0.05, 0) is 70.6 Å². The second-order valence-electron chi connectivity index (χ2n) is 6.37. The van der Waals surface area contributed by atoms with E-state index >= 15 is 0 Å². The first kappa shape index (κ1) is 19.0. The molecule has 2 aromatic heterocycles. The van der Waals surface area contributed by atoms with E-state index in [0.717, 1.165) is 11.3 Å². The number of aromatic nitrogens is 1. The van der Waals surface area contributed by atoms with Gasteiger partial charge in [0.2, 0.25) is 0 Å². The largest absolute Gasteiger partial charge is 0.459 e. The SMILES string of the molecule is OCCN1C(=S)N[C@H](c2ccccn2)[C@H]1c1ccc(-c2ccc(F)cc2Br)o1. The predicted octanol–water partition coefficient (Wildman–Crippen LogP) is 4.21. The number of hydrogen-bond acceptors (Lipinski definition) is 4. The predicted molar refractivity (Wildman–Crippen MR) is 111 cm³/mol. The Balaban J connectivity index is 1.73. The molecule has 2 N–H and O–H groups in total. The molecule has 0 radical (unpaired) electrons. The van der Waals surface area contributed by atoms with Crippen LogP contribution in [0.3, 0.4) is 0 Å². The summed E-state index contributed by atoms with van der Waals surface area (Å²) in [6, 6.07) is 13.4. The number of nitrogens with one attached hydrogen (secondary N) is 1. The van der Waals surface area contributed by atoms with E-state index in [0.29, 0.717) is 27.7 Å². The summed E-state index contributed by atoms with van der Waals surface area (Å²) in [5, 5.41) is 13.3. The van der Waals surface area contributed by atoms with Gasteiger partial charge in [0.1, 0.15) is 23.4 Å². The van der Waals surface area contributed by atoms with Crippen molar-refractivity contribution < 1.29 is 13.9 Å². The maximum atomic E-state index is 13.4. The van der Waals surface area contributed by atoms with Crippen molar-refractivity contribution in [1.29, 1.82) is 0 Å². The van der Waals surface area contributed by atoms with Gasteiger partial charge in [0, 0.05) is 22.8 Å². The van der Waals surface area contributed by atoms with Gasteiger partial charge in [-0.15, -0.1) is 0 Å². The van der Waals surface area contributed by atoms with Crippen LogP contribution in [-0.4, -0.2) is 33.3 Å². The molecule has 1 aliphatic heterocycles. The third-order valence-electron chi connectivity index (χ3n) is 4.65. The van der Waals surface area contributed by atoms with Crippen molar-refractivity contribution in [2.45, 2.75) is 12.1 Å². The summed E-state index contributed by atoms with van der Waals surface area (Å²) in [7, 11) is 0. The summed E-state index contributed by atoms with van der Waals surface area (Å²) < 4.78 is 20.2. The van der Waals surface area contributed by atoms with E-state index in [4.69, 9.17) is 16.6 Å². The lowest BCUT2D eigenvalue weighted by molar-refractivity contribution is 0.209. The molecule has 3 heterocycles. The Bertz CT molecular complexity index is 998. The minimum absolute atomic E-state index is 0.0374. The first-order chi connectivity index (χ1) is 13.6. The van der Waals surface area contributed by atoms with Gasteiger partial charge in [0.15, 0.2) is 5.11 Å². The molecule has 5 nitrogen and oxygen atoms in total. The first-order valence-corrected chi connectivity index (χ1v) is 9.92. The molecule has 2 atom stereocenters. The number of halogens is 2. The fourth-order valence-corrected chi connectivity index (χ4v) is 4.29. The molecule has 1 saturated heterocycles. The molecule has 0 bridgehead atoms. The normalized spacial score (nSPS) is 19.1. The van der Waals surface area contributed by atoms with E-state index < -0.39 is 0 Å². The van der Waals surface area contributed by atoms with Crippen molar-refractivity contribution in [2.75, 3.05) is 13.2 Å². The Labute approximate surface area is 175 Å². The number of β-amino-alcohol motifs (C(OH)–C–C–N with tert-alkyl or cyclic N) is 1. The van der Waals surface area contributed by atoms with Gasteiger partial charge in [-0.1, -0.05) is 6.07 Å². The molecular formula is C20H17BrFN3O2S. The van der Waals surface area contributed by atoms with Gasteiger partial charge in [-0.25, -0.2) is 4.39 Å². The van der Waals surface area contributed by atoms with E-state index in [9.17, 15) is 9.50 Å². The van der Waals surface area contributed by atoms with Crippen LogP contribution in [0.15, 0.2) is 63.6 Å². The number of furan rings is 1. The summed E-state index contributed by atoms with van der Waals surface area (Å²) in [5.41, 5.74) is 1.58. The van der Waals surface area contributed by atoms with Gasteiger partial charge < -0.3 is 19.7 Å². The number of thiocarbonyl (C=S) groups is 1. The van der Waals surface area contributed by atoms with Crippen LogP contribution in [0, 0.1) is 5.82 Å². The summed E-state index contributed by atoms with van der Waals surface area (Å²) in [5.74, 6) is 0.975. The lowest BCUT2D eigenvalue weighted by atomic mass is 10.0. The fourth-order valence-electron chi connectivity index (χ4n) is 3.41. The molecule has 0 aliphatic carbocycles. The van der Waals surface area contributed by atoms with Crippen molar-refractivity contribution >= 4 is 33.3 Å². The van der Waals surface area contributed by atoms with Crippen LogP contribution in [0.5, 0.6) is 0 Å². The van der Waals surface area contributed by atoms with Crippen molar-refractivity contribution in [3.05, 3.63) is 76.5 Å². The van der Waals surface area contributed by atoms with Crippen LogP contribution < -0.4 is 5.32 Å². The zero-order valence-electron chi connectivity index (χ0n) is 14.7. The lowest BCUT2D eigenvalue weighted by Gasteiger charge is -2.25. The van der Waals surface area contributed by atoms with Gasteiger partial charge in [-0.3, -0.25) is 4.98 Å². The Kier molecular flexibility index (Phi) is 5.43. The monoisotopic (exact) mass is 461 g/mol. The highest BCUT2D eigenvalue weighted by molar-refractivity contribution is 9.10. The Morgan fingerprint density at radius 2 is 2.11 bits per heavy atom. The number of rotatable bonds is 5. The molecule has 144 valence electrons. The highest BCUT2D eigenvalue weighted by atomic mass is 79.9. The molecule has 3 aromatic rings. The van der Waals surface area contributed by atoms with E-state index in [1.807, 2.05) is 35.2 Å². The van der Waals surface area contributed by atoms with Gasteiger partial charge in [0.05, 0.1) is 18.3 Å². The van der Waals surface area contributed by atoms with Crippen molar-refractivity contribution in [1.82, 2.24) is 15.2 Å². The zero-order valence-corrected chi connectivity index (χ0v) is 17.1. The molecule has 28 heavy (non-hydrogen) atoms. The first-order valence-electron chi connectivity index (χ1n) is 8.72. The second-order valence-corrected chi connectivity index (χ2v) is 7.61. The number of benzene rings is 1. The third-order valence-corrected chi connectivity index (χ3v) is 5.66. The topological polar surface area (TPSA) is 61.5 Å². The summed E-state index contributed by atoms with van der Waals surface area (Å²) in [6.45, 7) is 0.334. The number of nitrogens with zero attached hydrogens (tertiary/aromatic N) is 2. The molecule has 1 aliphatic rings. The van der Waals surface area contributed by atoms with Crippen LogP contribution >= 0.6 is 28.1 Å². The summed E-state index contributed by atoms with van der Waals surface area (Å²) in [6.07, 6.45) is 1.73. The molecule has 4 rings (SSSR count). The molecular weight excluding hydrogens is 445 g/mol. The van der Waals surface area contributed by atoms with Crippen molar-refractivity contribution in [3.63, 3.8) is 0 Å². The van der Waals surface area contributed by atoms with E-state index in [1.54, 1.807) is 12.3 Å². The molecule has 8 heteroatoms. The molecule has 0 saturated carbocycles. The van der Waals surface area contributed by atoms with Crippen LogP contribution in [0.1, 0.15) is 23.5 Å². The van der Waals surface area contributed by atoms with Gasteiger partial charge in [-0.2, -0.15) is 0 Å². The van der Waals surface area contributed by atoms with Crippen LogP contribution in [0.2, 0.25) is 0 Å². The molecule has 0 amide bonds. The Morgan fingerprint density at radius 1 is 1.25 bits per heavy atom. The molecule has 0 spiro atoms. The Morgan fingerprint density at radius 3 is 2.82 bits per heavy atom. The number of hydrogen-bond donors (Lipinski definition) is 2. The van der Waals surface area contributed by atoms with Gasteiger partial charge >= 0.3 is 0 Å². The number of aliphatic hydroxyl groups excluding tert-OH is 1. The zero-order chi connectivity index (χ0) is 19.7. The van der Waals surface area contributed by atoms with E-state index in [2.05, 4.69) is 26.2 Å². The Hall–Kier alpha value is -2.29. The maximum absolute atomic E-state index is 13.4. The van der Waals surface area contributed by atoms with Crippen molar-refractivity contribution in [3.8, 4) is 11.3 Å². The quantitative estimate of drug-likeness (QED) is 0.555. The third kappa shape index (κ3) is 3.55. The second kappa shape index (κ2) is 7.98. The standard InChI is InChI=1S/C20H17BrFN3O2S/c21-14-11-12(22)4-5-13(14)16-6-7-17(27-16)19-18(15-3-1-2-8-23-15)24-20(28)25(19)9-10-26/h1-8,11,18-19,26H,9-10H2,(H,24,28)/t18-,19-/m1/s1. The highest BCUT2D eigenvalue weighted by Gasteiger charge is 2.41. The van der Waals surface area contributed by atoms with Crippen LogP contribution in [0.25, 0.3) is 11.3 Å². The minimum atomic E-state index is -0.322. The van der Waals surface area contributed by atoms with Crippen molar-refractivity contribution in [2.24, 2.45) is 0 Å². The fraction of sp³-hybridized carbons (Fsp3) is 0.200. The number of aliphatic hydroxyl groups is 1. The minimum Gasteiger partial charge on any atom is -0.459 e. The average molecular weight is 462 g/mol. The molecule has 1 aromatic carbocycles. The van der Waals surface area contributed by atoms with Crippen LogP contribution in [0.4, 0.5) is 4.39 Å². The average Bonchev–Trinajstić information content (AvgIpc) is 3.28. The summed E-state index contributed by atoms with van der Waals surface area (Å²) >= 11 is 8.87. The number of pyridine rings is 1. The lowest BCUT2D eigenvalue weighted by Crippen LogP contribution is -2.32. The van der Waals surface area contributed by atoms with Gasteiger partial charge in [0.25, 0.3) is 0 Å². The smallest absolute Gasteiger partial charge is 0.170 e. The maximum Gasteiger partial charge on any atom is 0.170 e. The molecule has 0 unspecified atom stereocenters. The summed E-state index contributed by atoms with van der Waals surface area (Å²) in [4.78, 5) is 6.35. The highest BCUT2D eigenvalue weighted by Crippen LogP contribution is 2.41. The van der Waals surface area contributed by atoms with E-state index in [-0.39, 0.29) is 24.5 Å². The van der Waals surface area contributed by atoms with Crippen LogP contribution in [-0.2, 0) is 0 Å². The molecule has 1 fully saturated rings.